The van der Waals surface area contributed by atoms with Crippen LogP contribution in [0.3, 0.4) is 0 Å². The van der Waals surface area contributed by atoms with Gasteiger partial charge in [0.05, 0.1) is 4.92 Å². The smallest absolute Gasteiger partial charge is 0.269 e. The third-order valence-corrected chi connectivity index (χ3v) is 3.80. The molecule has 1 saturated carbocycles. The molecule has 1 atom stereocenters. The van der Waals surface area contributed by atoms with E-state index in [1.54, 1.807) is 6.07 Å². The van der Waals surface area contributed by atoms with E-state index >= 15 is 0 Å². The van der Waals surface area contributed by atoms with E-state index in [-0.39, 0.29) is 24.1 Å². The van der Waals surface area contributed by atoms with Crippen molar-refractivity contribution in [2.45, 2.75) is 31.7 Å². The fourth-order valence-corrected chi connectivity index (χ4v) is 2.71. The van der Waals surface area contributed by atoms with Crippen molar-refractivity contribution in [3.8, 4) is 0 Å². The minimum Gasteiger partial charge on any atom is -0.324 e. The van der Waals surface area contributed by atoms with Crippen LogP contribution in [0.15, 0.2) is 18.2 Å². The predicted molar refractivity (Wildman–Crippen MR) is 74.2 cm³/mol. The number of benzene rings is 1. The predicted octanol–water partition coefficient (Wildman–Crippen LogP) is 3.86. The number of hydrogen-bond donors (Lipinski definition) is 1. The molecular formula is C12H16Cl2N2O2. The van der Waals surface area contributed by atoms with Gasteiger partial charge in [0, 0.05) is 23.2 Å². The summed E-state index contributed by atoms with van der Waals surface area (Å²) in [7, 11) is 0. The molecule has 100 valence electrons. The molecule has 18 heavy (non-hydrogen) atoms. The average molecular weight is 291 g/mol. The molecule has 1 aromatic carbocycles. The highest BCUT2D eigenvalue weighted by Crippen LogP contribution is 2.37. The second-order valence-corrected chi connectivity index (χ2v) is 4.94. The van der Waals surface area contributed by atoms with Crippen molar-refractivity contribution >= 4 is 29.7 Å². The largest absolute Gasteiger partial charge is 0.324 e. The van der Waals surface area contributed by atoms with Crippen molar-refractivity contribution < 1.29 is 4.92 Å². The number of nitrogens with zero attached hydrogens (tertiary/aromatic N) is 1. The number of nitrogens with two attached hydrogens (primary N) is 1. The highest BCUT2D eigenvalue weighted by molar-refractivity contribution is 6.31. The van der Waals surface area contributed by atoms with Crippen LogP contribution in [0.25, 0.3) is 0 Å². The van der Waals surface area contributed by atoms with Gasteiger partial charge < -0.3 is 5.73 Å². The molecule has 0 bridgehead atoms. The maximum Gasteiger partial charge on any atom is 0.269 e. The molecule has 0 aliphatic heterocycles. The number of rotatable bonds is 3. The van der Waals surface area contributed by atoms with Crippen LogP contribution in [0.5, 0.6) is 0 Å². The molecule has 0 amide bonds. The molecule has 0 radical (unpaired) electrons. The molecular weight excluding hydrogens is 275 g/mol. The molecule has 2 N–H and O–H groups in total. The maximum atomic E-state index is 10.7. The number of hydrogen-bond acceptors (Lipinski definition) is 3. The first kappa shape index (κ1) is 15.2. The van der Waals surface area contributed by atoms with Gasteiger partial charge in [-0.1, -0.05) is 24.4 Å². The lowest BCUT2D eigenvalue weighted by molar-refractivity contribution is -0.384. The van der Waals surface area contributed by atoms with E-state index < -0.39 is 4.92 Å². The molecule has 1 aromatic rings. The average Bonchev–Trinajstić information content (AvgIpc) is 2.81. The molecule has 6 heteroatoms. The van der Waals surface area contributed by atoms with Gasteiger partial charge in [0.2, 0.25) is 0 Å². The van der Waals surface area contributed by atoms with Gasteiger partial charge in [0.15, 0.2) is 0 Å². The van der Waals surface area contributed by atoms with Crippen LogP contribution in [0.1, 0.15) is 37.3 Å². The summed E-state index contributed by atoms with van der Waals surface area (Å²) >= 11 is 6.07. The minimum atomic E-state index is -0.415. The zero-order valence-electron chi connectivity index (χ0n) is 9.84. The number of nitro benzene ring substituents is 1. The summed E-state index contributed by atoms with van der Waals surface area (Å²) in [6.07, 6.45) is 4.54. The summed E-state index contributed by atoms with van der Waals surface area (Å²) in [5, 5.41) is 11.3. The number of halogens is 2. The van der Waals surface area contributed by atoms with E-state index in [0.29, 0.717) is 16.5 Å². The van der Waals surface area contributed by atoms with Crippen molar-refractivity contribution in [1.82, 2.24) is 0 Å². The van der Waals surface area contributed by atoms with Crippen LogP contribution < -0.4 is 5.73 Å². The van der Waals surface area contributed by atoms with Gasteiger partial charge >= 0.3 is 0 Å². The van der Waals surface area contributed by atoms with Gasteiger partial charge in [-0.25, -0.2) is 0 Å². The zero-order chi connectivity index (χ0) is 12.4. The SMILES string of the molecule is Cl.N[C@H](c1cc([N+](=O)[O-])ccc1Cl)C1CCCC1. The van der Waals surface area contributed by atoms with Crippen LogP contribution in [-0.2, 0) is 0 Å². The summed E-state index contributed by atoms with van der Waals surface area (Å²) in [4.78, 5) is 10.3. The first-order valence-corrected chi connectivity index (χ1v) is 6.17. The second-order valence-electron chi connectivity index (χ2n) is 4.53. The Morgan fingerprint density at radius 1 is 1.39 bits per heavy atom. The molecule has 0 heterocycles. The Bertz CT molecular complexity index is 434. The van der Waals surface area contributed by atoms with Crippen molar-refractivity contribution in [1.29, 1.82) is 0 Å². The summed E-state index contributed by atoms with van der Waals surface area (Å²) in [6.45, 7) is 0. The molecule has 0 saturated heterocycles. The Kier molecular flexibility index (Phi) is 5.38. The quantitative estimate of drug-likeness (QED) is 0.679. The number of non-ortho nitro benzene ring substituents is 1. The number of nitro groups is 1. The van der Waals surface area contributed by atoms with Gasteiger partial charge in [-0.05, 0) is 30.4 Å². The Balaban J connectivity index is 0.00000162. The molecule has 0 unspecified atom stereocenters. The molecule has 2 rings (SSSR count). The molecule has 1 fully saturated rings. The third kappa shape index (κ3) is 3.13. The maximum absolute atomic E-state index is 10.7. The zero-order valence-corrected chi connectivity index (χ0v) is 11.4. The van der Waals surface area contributed by atoms with E-state index in [0.717, 1.165) is 12.8 Å². The summed E-state index contributed by atoms with van der Waals surface area (Å²) in [5.74, 6) is 0.398. The van der Waals surface area contributed by atoms with Crippen LogP contribution in [0, 0.1) is 16.0 Å². The fourth-order valence-electron chi connectivity index (χ4n) is 2.47. The van der Waals surface area contributed by atoms with Gasteiger partial charge in [-0.3, -0.25) is 10.1 Å². The van der Waals surface area contributed by atoms with Crippen LogP contribution in [-0.4, -0.2) is 4.92 Å². The van der Waals surface area contributed by atoms with Gasteiger partial charge in [0.1, 0.15) is 0 Å². The molecule has 4 nitrogen and oxygen atoms in total. The summed E-state index contributed by atoms with van der Waals surface area (Å²) in [5.41, 5.74) is 6.92. The standard InChI is InChI=1S/C12H15ClN2O2.ClH/c13-11-6-5-9(15(16)17)7-10(11)12(14)8-3-1-2-4-8;/h5-8,12H,1-4,14H2;1H/t12-;/m0./s1. The lowest BCUT2D eigenvalue weighted by Gasteiger charge is -2.20. The Morgan fingerprint density at radius 3 is 2.56 bits per heavy atom. The normalized spacial score (nSPS) is 17.2. The van der Waals surface area contributed by atoms with Gasteiger partial charge in [-0.2, -0.15) is 0 Å². The lowest BCUT2D eigenvalue weighted by Crippen LogP contribution is -2.19. The molecule has 1 aliphatic carbocycles. The van der Waals surface area contributed by atoms with Crippen molar-refractivity contribution in [3.05, 3.63) is 38.9 Å². The topological polar surface area (TPSA) is 69.2 Å². The summed E-state index contributed by atoms with van der Waals surface area (Å²) in [6, 6.07) is 4.28. The van der Waals surface area contributed by atoms with Crippen LogP contribution in [0.4, 0.5) is 5.69 Å². The Labute approximate surface area is 117 Å². The first-order valence-electron chi connectivity index (χ1n) is 5.79. The van der Waals surface area contributed by atoms with Crippen LogP contribution >= 0.6 is 24.0 Å². The van der Waals surface area contributed by atoms with E-state index in [4.69, 9.17) is 17.3 Å². The van der Waals surface area contributed by atoms with Crippen molar-refractivity contribution in [2.75, 3.05) is 0 Å². The van der Waals surface area contributed by atoms with E-state index in [1.165, 1.54) is 25.0 Å². The van der Waals surface area contributed by atoms with Crippen molar-refractivity contribution in [3.63, 3.8) is 0 Å². The first-order chi connectivity index (χ1) is 8.09. The van der Waals surface area contributed by atoms with E-state index in [9.17, 15) is 10.1 Å². The molecule has 1 aliphatic rings. The Morgan fingerprint density at radius 2 is 2.00 bits per heavy atom. The molecule has 0 aromatic heterocycles. The minimum absolute atomic E-state index is 0. The highest BCUT2D eigenvalue weighted by atomic mass is 35.5. The molecule has 0 spiro atoms. The lowest BCUT2D eigenvalue weighted by atomic mass is 9.92. The monoisotopic (exact) mass is 290 g/mol. The Hall–Kier alpha value is -0.840. The third-order valence-electron chi connectivity index (χ3n) is 3.46. The van der Waals surface area contributed by atoms with Crippen LogP contribution in [0.2, 0.25) is 5.02 Å². The van der Waals surface area contributed by atoms with Gasteiger partial charge in [0.25, 0.3) is 5.69 Å². The second kappa shape index (κ2) is 6.36. The summed E-state index contributed by atoms with van der Waals surface area (Å²) < 4.78 is 0. The van der Waals surface area contributed by atoms with E-state index in [1.807, 2.05) is 0 Å². The fraction of sp³-hybridized carbons (Fsp3) is 0.500. The van der Waals surface area contributed by atoms with E-state index in [2.05, 4.69) is 0 Å². The highest BCUT2D eigenvalue weighted by Gasteiger charge is 2.26. The van der Waals surface area contributed by atoms with Crippen molar-refractivity contribution in [2.24, 2.45) is 11.7 Å². The van der Waals surface area contributed by atoms with Gasteiger partial charge in [-0.15, -0.1) is 12.4 Å².